The molecule has 1 aromatic heterocycles. The van der Waals surface area contributed by atoms with Gasteiger partial charge in [0, 0.05) is 12.6 Å². The molecule has 0 atom stereocenters. The molecule has 0 aliphatic heterocycles. The van der Waals surface area contributed by atoms with Gasteiger partial charge in [-0.15, -0.1) is 0 Å². The average molecular weight is 389 g/mol. The smallest absolute Gasteiger partial charge is 0.381 e. The van der Waals surface area contributed by atoms with E-state index in [0.29, 0.717) is 24.6 Å². The molecule has 0 spiro atoms. The third-order valence-corrected chi connectivity index (χ3v) is 3.80. The Bertz CT molecular complexity index is 875. The molecule has 0 aliphatic carbocycles. The van der Waals surface area contributed by atoms with Crippen LogP contribution in [-0.4, -0.2) is 21.7 Å². The van der Waals surface area contributed by atoms with E-state index in [2.05, 4.69) is 15.5 Å². The van der Waals surface area contributed by atoms with Crippen molar-refractivity contribution in [3.8, 4) is 6.07 Å². The lowest BCUT2D eigenvalue weighted by Gasteiger charge is -2.12. The van der Waals surface area contributed by atoms with Gasteiger partial charge in [0.1, 0.15) is 17.3 Å². The normalized spacial score (nSPS) is 11.2. The number of nitro benzene ring substituents is 1. The van der Waals surface area contributed by atoms with Gasteiger partial charge in [-0.2, -0.15) is 23.5 Å². The highest BCUT2D eigenvalue weighted by atomic mass is 35.5. The zero-order valence-electron chi connectivity index (χ0n) is 13.0. The van der Waals surface area contributed by atoms with Gasteiger partial charge in [0.05, 0.1) is 21.2 Å². The molecule has 2 aromatic rings. The van der Waals surface area contributed by atoms with Gasteiger partial charge in [-0.05, 0) is 18.9 Å². The molecule has 0 bridgehead atoms. The number of rotatable bonds is 6. The number of nitrogens with two attached hydrogens (primary N) is 1. The number of nitrogens with one attached hydrogen (secondary N) is 2. The minimum atomic E-state index is -4.80. The molecule has 8 nitrogen and oxygen atoms in total. The monoisotopic (exact) mass is 388 g/mol. The van der Waals surface area contributed by atoms with E-state index in [1.807, 2.05) is 6.07 Å². The van der Waals surface area contributed by atoms with Crippen molar-refractivity contribution in [3.63, 3.8) is 0 Å². The molecule has 0 unspecified atom stereocenters. The van der Waals surface area contributed by atoms with Gasteiger partial charge >= 0.3 is 6.18 Å². The number of nitrogens with zero attached hydrogens (tertiary/aromatic N) is 3. The van der Waals surface area contributed by atoms with Gasteiger partial charge in [0.2, 0.25) is 0 Å². The number of aromatic amines is 1. The first-order valence-corrected chi connectivity index (χ1v) is 7.54. The van der Waals surface area contributed by atoms with Crippen molar-refractivity contribution in [1.29, 1.82) is 5.26 Å². The van der Waals surface area contributed by atoms with Crippen LogP contribution in [0.3, 0.4) is 0 Å². The Morgan fingerprint density at radius 1 is 1.46 bits per heavy atom. The molecule has 0 aliphatic rings. The second kappa shape index (κ2) is 7.49. The van der Waals surface area contributed by atoms with E-state index in [1.54, 1.807) is 0 Å². The van der Waals surface area contributed by atoms with Crippen molar-refractivity contribution in [2.24, 2.45) is 0 Å². The number of aryl methyl sites for hydroxylation is 1. The van der Waals surface area contributed by atoms with Crippen LogP contribution in [-0.2, 0) is 12.6 Å². The predicted molar refractivity (Wildman–Crippen MR) is 87.6 cm³/mol. The molecule has 0 amide bonds. The van der Waals surface area contributed by atoms with Gasteiger partial charge < -0.3 is 11.1 Å². The Kier molecular flexibility index (Phi) is 5.56. The maximum atomic E-state index is 12.8. The maximum Gasteiger partial charge on any atom is 0.418 e. The number of H-pyrrole nitrogens is 1. The lowest BCUT2D eigenvalue weighted by molar-refractivity contribution is -0.384. The van der Waals surface area contributed by atoms with E-state index < -0.39 is 27.4 Å². The van der Waals surface area contributed by atoms with Gasteiger partial charge in [-0.3, -0.25) is 15.2 Å². The number of nitro groups is 1. The van der Waals surface area contributed by atoms with Crippen LogP contribution < -0.4 is 11.1 Å². The molecule has 26 heavy (non-hydrogen) atoms. The summed E-state index contributed by atoms with van der Waals surface area (Å²) in [5.74, 6) is 0.0700. The third-order valence-electron chi connectivity index (χ3n) is 3.49. The first-order chi connectivity index (χ1) is 12.1. The molecule has 4 N–H and O–H groups in total. The van der Waals surface area contributed by atoms with E-state index in [9.17, 15) is 23.3 Å². The minimum Gasteiger partial charge on any atom is -0.381 e. The quantitative estimate of drug-likeness (QED) is 0.394. The number of nitriles is 1. The summed E-state index contributed by atoms with van der Waals surface area (Å²) < 4.78 is 38.5. The number of anilines is 2. The first kappa shape index (κ1) is 19.3. The fraction of sp³-hybridized carbons (Fsp3) is 0.286. The summed E-state index contributed by atoms with van der Waals surface area (Å²) in [6, 6.07) is 3.17. The number of hydrogen-bond donors (Lipinski definition) is 3. The summed E-state index contributed by atoms with van der Waals surface area (Å²) in [7, 11) is 0. The second-order valence-electron chi connectivity index (χ2n) is 5.21. The van der Waals surface area contributed by atoms with E-state index >= 15 is 0 Å². The highest BCUT2D eigenvalue weighted by Gasteiger charge is 2.36. The molecule has 1 heterocycles. The van der Waals surface area contributed by atoms with Crippen LogP contribution in [0.1, 0.15) is 23.2 Å². The molecular weight excluding hydrogens is 377 g/mol. The summed E-state index contributed by atoms with van der Waals surface area (Å²) in [4.78, 5) is 10.1. The molecule has 12 heteroatoms. The molecule has 1 aromatic carbocycles. The molecular formula is C14H12ClF3N6O2. The zero-order valence-corrected chi connectivity index (χ0v) is 13.8. The molecule has 2 rings (SSSR count). The van der Waals surface area contributed by atoms with Gasteiger partial charge in [0.25, 0.3) is 5.69 Å². The number of alkyl halides is 3. The lowest BCUT2D eigenvalue weighted by Crippen LogP contribution is -2.10. The summed E-state index contributed by atoms with van der Waals surface area (Å²) in [6.45, 7) is 0.187. The summed E-state index contributed by atoms with van der Waals surface area (Å²) >= 11 is 5.60. The van der Waals surface area contributed by atoms with Crippen LogP contribution in [0.15, 0.2) is 12.1 Å². The van der Waals surface area contributed by atoms with E-state index in [-0.39, 0.29) is 23.6 Å². The van der Waals surface area contributed by atoms with Crippen molar-refractivity contribution in [3.05, 3.63) is 44.1 Å². The highest BCUT2D eigenvalue weighted by molar-refractivity contribution is 6.31. The van der Waals surface area contributed by atoms with E-state index in [4.69, 9.17) is 22.6 Å². The lowest BCUT2D eigenvalue weighted by atomic mass is 10.1. The second-order valence-corrected chi connectivity index (χ2v) is 5.62. The van der Waals surface area contributed by atoms with E-state index in [0.717, 1.165) is 6.07 Å². The first-order valence-electron chi connectivity index (χ1n) is 7.17. The Morgan fingerprint density at radius 2 is 2.15 bits per heavy atom. The summed E-state index contributed by atoms with van der Waals surface area (Å²) in [5.41, 5.74) is 4.09. The predicted octanol–water partition coefficient (Wildman–Crippen LogP) is 3.49. The summed E-state index contributed by atoms with van der Waals surface area (Å²) in [6.07, 6.45) is -4.02. The van der Waals surface area contributed by atoms with Crippen molar-refractivity contribution < 1.29 is 18.1 Å². The standard InChI is InChI=1S/C14H12ClF3N6O2/c15-9-5-11(12(24(25)26)4-8(9)14(16,17)18)21-3-1-2-10-7(6-19)13(20)23-22-10/h4-5,21H,1-3H2,(H3,20,22,23). The number of nitrogen functional groups attached to an aromatic ring is 1. The Labute approximate surface area is 149 Å². The van der Waals surface area contributed by atoms with Crippen LogP contribution in [0.5, 0.6) is 0 Å². The number of halogens is 4. The maximum absolute atomic E-state index is 12.8. The van der Waals surface area contributed by atoms with Crippen LogP contribution in [0.4, 0.5) is 30.4 Å². The molecule has 0 saturated carbocycles. The summed E-state index contributed by atoms with van der Waals surface area (Å²) in [5, 5.41) is 28.4. The topological polar surface area (TPSA) is 134 Å². The Balaban J connectivity index is 2.11. The fourth-order valence-electron chi connectivity index (χ4n) is 2.26. The molecule has 0 radical (unpaired) electrons. The number of benzene rings is 1. The van der Waals surface area contributed by atoms with Crippen molar-refractivity contribution in [2.75, 3.05) is 17.6 Å². The molecule has 0 saturated heterocycles. The van der Waals surface area contributed by atoms with Crippen molar-refractivity contribution in [2.45, 2.75) is 19.0 Å². The third kappa shape index (κ3) is 4.15. The van der Waals surface area contributed by atoms with Crippen molar-refractivity contribution >= 4 is 28.8 Å². The number of aromatic nitrogens is 2. The zero-order chi connectivity index (χ0) is 19.5. The van der Waals surface area contributed by atoms with Crippen LogP contribution in [0.25, 0.3) is 0 Å². The molecule has 0 fully saturated rings. The fourth-order valence-corrected chi connectivity index (χ4v) is 2.53. The SMILES string of the molecule is N#Cc1c(N)n[nH]c1CCCNc1cc(Cl)c(C(F)(F)F)cc1[N+](=O)[O-]. The molecule has 138 valence electrons. The Hall–Kier alpha value is -3.00. The van der Waals surface area contributed by atoms with Gasteiger partial charge in [-0.1, -0.05) is 11.6 Å². The number of hydrogen-bond acceptors (Lipinski definition) is 6. The van der Waals surface area contributed by atoms with Crippen molar-refractivity contribution in [1.82, 2.24) is 10.2 Å². The largest absolute Gasteiger partial charge is 0.418 e. The highest BCUT2D eigenvalue weighted by Crippen LogP contribution is 2.40. The van der Waals surface area contributed by atoms with Crippen LogP contribution in [0, 0.1) is 21.4 Å². The van der Waals surface area contributed by atoms with E-state index in [1.165, 1.54) is 0 Å². The van der Waals surface area contributed by atoms with Crippen LogP contribution in [0.2, 0.25) is 5.02 Å². The minimum absolute atomic E-state index is 0.0700. The van der Waals surface area contributed by atoms with Gasteiger partial charge in [-0.25, -0.2) is 0 Å². The van der Waals surface area contributed by atoms with Crippen LogP contribution >= 0.6 is 11.6 Å². The Morgan fingerprint density at radius 3 is 2.73 bits per heavy atom. The average Bonchev–Trinajstić information content (AvgIpc) is 2.89. The van der Waals surface area contributed by atoms with Gasteiger partial charge in [0.15, 0.2) is 5.82 Å².